The predicted octanol–water partition coefficient (Wildman–Crippen LogP) is 2.62. The summed E-state index contributed by atoms with van der Waals surface area (Å²) in [5, 5.41) is 3.69. The van der Waals surface area contributed by atoms with Crippen LogP contribution in [0.4, 0.5) is 0 Å². The average Bonchev–Trinajstić information content (AvgIpc) is 3.12. The highest BCUT2D eigenvalue weighted by Crippen LogP contribution is 2.28. The van der Waals surface area contributed by atoms with Gasteiger partial charge in [-0.25, -0.2) is 10.9 Å². The number of carbonyl (C=O) groups excluding carboxylic acids is 1. The molecule has 25 heavy (non-hydrogen) atoms. The van der Waals surface area contributed by atoms with Gasteiger partial charge in [0.2, 0.25) is 5.91 Å². The van der Waals surface area contributed by atoms with E-state index in [2.05, 4.69) is 16.2 Å². The van der Waals surface area contributed by atoms with Crippen LogP contribution in [0.15, 0.2) is 48.5 Å². The lowest BCUT2D eigenvalue weighted by Crippen LogP contribution is -2.43. The molecule has 2 aromatic rings. The van der Waals surface area contributed by atoms with Gasteiger partial charge in [-0.15, -0.1) is 0 Å². The summed E-state index contributed by atoms with van der Waals surface area (Å²) in [5.41, 5.74) is 8.35. The third-order valence-corrected chi connectivity index (χ3v) is 4.69. The van der Waals surface area contributed by atoms with E-state index in [4.69, 9.17) is 16.3 Å². The smallest absolute Gasteiger partial charge is 0.238 e. The first-order valence-corrected chi connectivity index (χ1v) is 8.71. The monoisotopic (exact) mass is 359 g/mol. The maximum absolute atomic E-state index is 12.3. The van der Waals surface area contributed by atoms with Crippen LogP contribution in [0.1, 0.15) is 23.6 Å². The zero-order valence-corrected chi connectivity index (χ0v) is 14.8. The molecule has 0 radical (unpaired) electrons. The largest absolute Gasteiger partial charge is 0.497 e. The molecule has 3 rings (SSSR count). The summed E-state index contributed by atoms with van der Waals surface area (Å²) >= 11 is 6.23. The topological polar surface area (TPSA) is 62.4 Å². The number of benzene rings is 2. The lowest BCUT2D eigenvalue weighted by atomic mass is 10.0. The predicted molar refractivity (Wildman–Crippen MR) is 98.6 cm³/mol. The van der Waals surface area contributed by atoms with E-state index in [0.717, 1.165) is 23.3 Å². The van der Waals surface area contributed by atoms with E-state index in [9.17, 15) is 4.79 Å². The second-order valence-electron chi connectivity index (χ2n) is 6.04. The van der Waals surface area contributed by atoms with Crippen LogP contribution in [0.3, 0.4) is 0 Å². The van der Waals surface area contributed by atoms with Crippen molar-refractivity contribution in [3.05, 3.63) is 64.7 Å². The number of nitrogens with one attached hydrogen (secondary N) is 3. The van der Waals surface area contributed by atoms with E-state index < -0.39 is 0 Å². The van der Waals surface area contributed by atoms with Crippen molar-refractivity contribution < 1.29 is 9.53 Å². The number of hydrogen-bond acceptors (Lipinski definition) is 4. The minimum atomic E-state index is -0.272. The van der Waals surface area contributed by atoms with E-state index in [-0.39, 0.29) is 18.0 Å². The third kappa shape index (κ3) is 4.51. The van der Waals surface area contributed by atoms with E-state index in [1.807, 2.05) is 48.5 Å². The van der Waals surface area contributed by atoms with E-state index >= 15 is 0 Å². The van der Waals surface area contributed by atoms with Crippen molar-refractivity contribution >= 4 is 17.5 Å². The van der Waals surface area contributed by atoms with Gasteiger partial charge in [0.15, 0.2) is 0 Å². The summed E-state index contributed by atoms with van der Waals surface area (Å²) < 4.78 is 5.21. The third-order valence-electron chi connectivity index (χ3n) is 4.35. The molecule has 3 N–H and O–H groups in total. The van der Waals surface area contributed by atoms with Crippen molar-refractivity contribution in [3.8, 4) is 5.75 Å². The van der Waals surface area contributed by atoms with Crippen LogP contribution in [-0.2, 0) is 11.2 Å². The summed E-state index contributed by atoms with van der Waals surface area (Å²) in [5.74, 6) is 0.818. The van der Waals surface area contributed by atoms with Gasteiger partial charge in [0, 0.05) is 17.6 Å². The summed E-state index contributed by atoms with van der Waals surface area (Å²) in [6, 6.07) is 15.3. The van der Waals surface area contributed by atoms with Crippen molar-refractivity contribution in [1.82, 2.24) is 16.2 Å². The molecule has 1 fully saturated rings. The molecule has 1 heterocycles. The van der Waals surface area contributed by atoms with Crippen LogP contribution in [0.25, 0.3) is 0 Å². The molecule has 0 spiro atoms. The molecular formula is C19H22ClN3O2. The molecule has 1 aliphatic rings. The molecule has 0 bridgehead atoms. The van der Waals surface area contributed by atoms with Crippen molar-refractivity contribution in [2.24, 2.45) is 0 Å². The fraction of sp³-hybridized carbons (Fsp3) is 0.316. The molecule has 0 saturated carbocycles. The average molecular weight is 360 g/mol. The van der Waals surface area contributed by atoms with Crippen molar-refractivity contribution in [3.63, 3.8) is 0 Å². The van der Waals surface area contributed by atoms with Gasteiger partial charge in [-0.1, -0.05) is 41.9 Å². The Bertz CT molecular complexity index is 738. The number of hydrazine groups is 1. The van der Waals surface area contributed by atoms with E-state index in [1.54, 1.807) is 7.11 Å². The zero-order chi connectivity index (χ0) is 17.6. The highest BCUT2D eigenvalue weighted by Gasteiger charge is 2.30. The van der Waals surface area contributed by atoms with Crippen LogP contribution in [0.2, 0.25) is 5.02 Å². The van der Waals surface area contributed by atoms with Crippen molar-refractivity contribution in [2.75, 3.05) is 13.7 Å². The number of methoxy groups -OCH3 is 1. The Morgan fingerprint density at radius 2 is 2.08 bits per heavy atom. The summed E-state index contributed by atoms with van der Waals surface area (Å²) in [4.78, 5) is 12.3. The number of ether oxygens (including phenoxy) is 1. The standard InChI is InChI=1S/C19H22ClN3O2/c1-25-14-6-4-5-13(11-14)9-10-21-19(24)18-12-17(22-23-18)15-7-2-3-8-16(15)20/h2-8,11,17-18,22-23H,9-10,12H2,1H3,(H,21,24). The van der Waals surface area contributed by atoms with Crippen LogP contribution in [0.5, 0.6) is 5.75 Å². The molecule has 2 unspecified atom stereocenters. The number of halogens is 1. The SMILES string of the molecule is COc1cccc(CCNC(=O)C2CC(c3ccccc3Cl)NN2)c1. The van der Waals surface area contributed by atoms with Gasteiger partial charge in [0.05, 0.1) is 7.11 Å². The minimum Gasteiger partial charge on any atom is -0.497 e. The van der Waals surface area contributed by atoms with E-state index in [0.29, 0.717) is 18.0 Å². The molecule has 1 saturated heterocycles. The van der Waals surface area contributed by atoms with Gasteiger partial charge in [0.1, 0.15) is 11.8 Å². The highest BCUT2D eigenvalue weighted by atomic mass is 35.5. The maximum atomic E-state index is 12.3. The molecule has 5 nitrogen and oxygen atoms in total. The minimum absolute atomic E-state index is 0.00931. The molecular weight excluding hydrogens is 338 g/mol. The van der Waals surface area contributed by atoms with E-state index in [1.165, 1.54) is 0 Å². The number of hydrogen-bond donors (Lipinski definition) is 3. The normalized spacial score (nSPS) is 19.6. The Kier molecular flexibility index (Phi) is 5.91. The second-order valence-corrected chi connectivity index (χ2v) is 6.45. The molecule has 1 aliphatic heterocycles. The Morgan fingerprint density at radius 3 is 2.88 bits per heavy atom. The first-order valence-electron chi connectivity index (χ1n) is 8.33. The fourth-order valence-corrected chi connectivity index (χ4v) is 3.24. The molecule has 2 atom stereocenters. The summed E-state index contributed by atoms with van der Waals surface area (Å²) in [6.07, 6.45) is 1.42. The lowest BCUT2D eigenvalue weighted by Gasteiger charge is -2.12. The highest BCUT2D eigenvalue weighted by molar-refractivity contribution is 6.31. The number of rotatable bonds is 6. The van der Waals surface area contributed by atoms with Crippen LogP contribution < -0.4 is 20.9 Å². The van der Waals surface area contributed by atoms with Gasteiger partial charge in [-0.3, -0.25) is 4.79 Å². The Hall–Kier alpha value is -2.08. The quantitative estimate of drug-likeness (QED) is 0.742. The molecule has 132 valence electrons. The molecule has 2 aromatic carbocycles. The summed E-state index contributed by atoms with van der Waals surface area (Å²) in [6.45, 7) is 0.584. The van der Waals surface area contributed by atoms with Crippen molar-refractivity contribution in [1.29, 1.82) is 0 Å². The maximum Gasteiger partial charge on any atom is 0.238 e. The van der Waals surface area contributed by atoms with Crippen LogP contribution in [-0.4, -0.2) is 25.6 Å². The van der Waals surface area contributed by atoms with Gasteiger partial charge in [0.25, 0.3) is 0 Å². The first kappa shape index (κ1) is 17.7. The van der Waals surface area contributed by atoms with Gasteiger partial charge >= 0.3 is 0 Å². The van der Waals surface area contributed by atoms with Crippen molar-refractivity contribution in [2.45, 2.75) is 24.9 Å². The summed E-state index contributed by atoms with van der Waals surface area (Å²) in [7, 11) is 1.65. The van der Waals surface area contributed by atoms with Gasteiger partial charge < -0.3 is 10.1 Å². The van der Waals surface area contributed by atoms with Crippen LogP contribution >= 0.6 is 11.6 Å². The zero-order valence-electron chi connectivity index (χ0n) is 14.1. The molecule has 1 amide bonds. The molecule has 6 heteroatoms. The molecule has 0 aliphatic carbocycles. The van der Waals surface area contributed by atoms with Gasteiger partial charge in [-0.05, 0) is 42.2 Å². The fourth-order valence-electron chi connectivity index (χ4n) is 2.97. The Morgan fingerprint density at radius 1 is 1.24 bits per heavy atom. The number of amides is 1. The Labute approximate surface area is 152 Å². The second kappa shape index (κ2) is 8.34. The first-order chi connectivity index (χ1) is 12.2. The van der Waals surface area contributed by atoms with Gasteiger partial charge in [-0.2, -0.15) is 0 Å². The lowest BCUT2D eigenvalue weighted by molar-refractivity contribution is -0.122. The van der Waals surface area contributed by atoms with Crippen LogP contribution in [0, 0.1) is 0 Å². The Balaban J connectivity index is 1.48. The molecule has 0 aromatic heterocycles. The number of carbonyl (C=O) groups is 1.